The Morgan fingerprint density at radius 2 is 1.55 bits per heavy atom. The fourth-order valence-electron chi connectivity index (χ4n) is 2.32. The molecule has 0 aliphatic rings. The van der Waals surface area contributed by atoms with Crippen molar-refractivity contribution < 1.29 is 8.42 Å². The van der Waals surface area contributed by atoms with Crippen LogP contribution in [-0.4, -0.2) is 19.2 Å². The Kier molecular flexibility index (Phi) is 3.81. The van der Waals surface area contributed by atoms with E-state index >= 15 is 0 Å². The van der Waals surface area contributed by atoms with Crippen molar-refractivity contribution in [2.24, 2.45) is 0 Å². The predicted molar refractivity (Wildman–Crippen MR) is 89.3 cm³/mol. The highest BCUT2D eigenvalue weighted by Crippen LogP contribution is 2.25. The Morgan fingerprint density at radius 3 is 2.14 bits per heavy atom. The zero-order chi connectivity index (χ0) is 15.7. The van der Waals surface area contributed by atoms with Crippen LogP contribution in [0.4, 0.5) is 0 Å². The van der Waals surface area contributed by atoms with Gasteiger partial charge in [-0.25, -0.2) is 8.42 Å². The largest absolute Gasteiger partial charge is 0.317 e. The van der Waals surface area contributed by atoms with Gasteiger partial charge in [0.2, 0.25) is 0 Å². The third-order valence-electron chi connectivity index (χ3n) is 3.43. The minimum absolute atomic E-state index is 0.316. The maximum atomic E-state index is 11.5. The zero-order valence-electron chi connectivity index (χ0n) is 11.9. The summed E-state index contributed by atoms with van der Waals surface area (Å²) in [5.74, 6) is 0. The molecule has 0 saturated carbocycles. The molecule has 112 valence electrons. The van der Waals surface area contributed by atoms with Gasteiger partial charge in [-0.15, -0.1) is 0 Å². The van der Waals surface area contributed by atoms with E-state index in [1.165, 1.54) is 6.26 Å². The second-order valence-corrected chi connectivity index (χ2v) is 7.49. The van der Waals surface area contributed by atoms with Gasteiger partial charge in [-0.05, 0) is 54.1 Å². The second kappa shape index (κ2) is 5.63. The van der Waals surface area contributed by atoms with Crippen LogP contribution in [0.25, 0.3) is 16.9 Å². The topological polar surface area (TPSA) is 39.1 Å². The Bertz CT molecular complexity index is 895. The smallest absolute Gasteiger partial charge is 0.175 e. The van der Waals surface area contributed by atoms with Crippen molar-refractivity contribution in [1.29, 1.82) is 0 Å². The van der Waals surface area contributed by atoms with Crippen molar-refractivity contribution in [3.05, 3.63) is 71.9 Å². The summed E-state index contributed by atoms with van der Waals surface area (Å²) in [6.07, 6.45) is 3.15. The summed E-state index contributed by atoms with van der Waals surface area (Å²) >= 11 is 5.93. The van der Waals surface area contributed by atoms with Crippen LogP contribution in [0.15, 0.2) is 71.8 Å². The number of rotatable bonds is 3. The molecule has 0 bridgehead atoms. The lowest BCUT2D eigenvalue weighted by atomic mass is 10.1. The van der Waals surface area contributed by atoms with Crippen molar-refractivity contribution in [2.75, 3.05) is 6.26 Å². The fraction of sp³-hybridized carbons (Fsp3) is 0.0588. The molecule has 0 saturated heterocycles. The van der Waals surface area contributed by atoms with Crippen LogP contribution in [0.3, 0.4) is 0 Å². The van der Waals surface area contributed by atoms with Crippen LogP contribution in [0, 0.1) is 0 Å². The highest BCUT2D eigenvalue weighted by molar-refractivity contribution is 7.90. The quantitative estimate of drug-likeness (QED) is 0.721. The molecule has 3 rings (SSSR count). The third kappa shape index (κ3) is 2.93. The second-order valence-electron chi connectivity index (χ2n) is 5.04. The lowest BCUT2D eigenvalue weighted by molar-refractivity contribution is 0.602. The van der Waals surface area contributed by atoms with E-state index in [-0.39, 0.29) is 0 Å². The van der Waals surface area contributed by atoms with Crippen molar-refractivity contribution in [2.45, 2.75) is 4.90 Å². The maximum Gasteiger partial charge on any atom is 0.175 e. The van der Waals surface area contributed by atoms with E-state index in [9.17, 15) is 8.42 Å². The van der Waals surface area contributed by atoms with Crippen molar-refractivity contribution in [3.63, 3.8) is 0 Å². The molecule has 22 heavy (non-hydrogen) atoms. The number of hydrogen-bond donors (Lipinski definition) is 0. The van der Waals surface area contributed by atoms with E-state index in [1.54, 1.807) is 24.3 Å². The monoisotopic (exact) mass is 331 g/mol. The number of halogens is 1. The van der Waals surface area contributed by atoms with Crippen molar-refractivity contribution in [1.82, 2.24) is 4.57 Å². The van der Waals surface area contributed by atoms with Gasteiger partial charge in [0.05, 0.1) is 10.6 Å². The first-order valence-electron chi connectivity index (χ1n) is 6.69. The number of sulfone groups is 1. The van der Waals surface area contributed by atoms with Crippen LogP contribution >= 0.6 is 11.6 Å². The minimum Gasteiger partial charge on any atom is -0.317 e. The van der Waals surface area contributed by atoms with Gasteiger partial charge in [-0.3, -0.25) is 0 Å². The van der Waals surface area contributed by atoms with E-state index < -0.39 is 9.84 Å². The molecule has 3 nitrogen and oxygen atoms in total. The molecular formula is C17H14ClNO2S. The zero-order valence-corrected chi connectivity index (χ0v) is 13.5. The first-order valence-corrected chi connectivity index (χ1v) is 8.96. The van der Waals surface area contributed by atoms with Crippen molar-refractivity contribution >= 4 is 21.4 Å². The predicted octanol–water partition coefficient (Wildman–Crippen LogP) is 4.20. The molecular weight excluding hydrogens is 318 g/mol. The molecule has 5 heteroatoms. The van der Waals surface area contributed by atoms with Gasteiger partial charge in [-0.2, -0.15) is 0 Å². The number of benzene rings is 2. The molecule has 2 aromatic carbocycles. The summed E-state index contributed by atoms with van der Waals surface area (Å²) in [7, 11) is -3.18. The Labute approximate surface area is 134 Å². The first-order chi connectivity index (χ1) is 10.4. The van der Waals surface area contributed by atoms with Gasteiger partial charge >= 0.3 is 0 Å². The fourth-order valence-corrected chi connectivity index (χ4v) is 3.07. The van der Waals surface area contributed by atoms with Crippen LogP contribution in [0.5, 0.6) is 0 Å². The van der Waals surface area contributed by atoms with Crippen LogP contribution in [0.2, 0.25) is 5.02 Å². The Hall–Kier alpha value is -2.04. The molecule has 0 unspecified atom stereocenters. The first kappa shape index (κ1) is 14.9. The molecule has 0 amide bonds. The molecule has 1 heterocycles. The summed E-state index contributed by atoms with van der Waals surface area (Å²) in [4.78, 5) is 0.316. The standard InChI is InChI=1S/C17H14ClNO2S/c1-22(20,21)16-10-8-15(9-11-16)19-12-2-3-17(19)13-4-6-14(18)7-5-13/h2-12H,1H3. The Balaban J connectivity index is 2.03. The molecule has 3 aromatic rings. The van der Waals surface area contributed by atoms with E-state index in [0.29, 0.717) is 9.92 Å². The van der Waals surface area contributed by atoms with E-state index in [0.717, 1.165) is 16.9 Å². The van der Waals surface area contributed by atoms with Crippen LogP contribution in [-0.2, 0) is 9.84 Å². The average Bonchev–Trinajstić information content (AvgIpc) is 2.97. The number of aromatic nitrogens is 1. The molecule has 0 aliphatic carbocycles. The van der Waals surface area contributed by atoms with Crippen LogP contribution in [0.1, 0.15) is 0 Å². The van der Waals surface area contributed by atoms with Crippen LogP contribution < -0.4 is 0 Å². The van der Waals surface area contributed by atoms with Gasteiger partial charge in [0.15, 0.2) is 9.84 Å². The van der Waals surface area contributed by atoms with Gasteiger partial charge in [0.25, 0.3) is 0 Å². The van der Waals surface area contributed by atoms with E-state index in [1.807, 2.05) is 47.2 Å². The minimum atomic E-state index is -3.18. The van der Waals surface area contributed by atoms with Crippen molar-refractivity contribution in [3.8, 4) is 16.9 Å². The summed E-state index contributed by atoms with van der Waals surface area (Å²) < 4.78 is 25.1. The molecule has 0 fully saturated rings. The third-order valence-corrected chi connectivity index (χ3v) is 4.81. The lowest BCUT2D eigenvalue weighted by Crippen LogP contribution is -1.99. The lowest BCUT2D eigenvalue weighted by Gasteiger charge is -2.10. The van der Waals surface area contributed by atoms with E-state index in [4.69, 9.17) is 11.6 Å². The molecule has 1 aromatic heterocycles. The average molecular weight is 332 g/mol. The maximum absolute atomic E-state index is 11.5. The highest BCUT2D eigenvalue weighted by atomic mass is 35.5. The summed E-state index contributed by atoms with van der Waals surface area (Å²) in [6, 6.07) is 18.4. The van der Waals surface area contributed by atoms with E-state index in [2.05, 4.69) is 0 Å². The summed E-state index contributed by atoms with van der Waals surface area (Å²) in [5.41, 5.74) is 2.97. The molecule has 0 aliphatic heterocycles. The highest BCUT2D eigenvalue weighted by Gasteiger charge is 2.09. The number of nitrogens with zero attached hydrogens (tertiary/aromatic N) is 1. The molecule has 0 spiro atoms. The van der Waals surface area contributed by atoms with Gasteiger partial charge in [0.1, 0.15) is 0 Å². The van der Waals surface area contributed by atoms with Gasteiger partial charge in [-0.1, -0.05) is 23.7 Å². The molecule has 0 radical (unpaired) electrons. The Morgan fingerprint density at radius 1 is 0.909 bits per heavy atom. The molecule has 0 atom stereocenters. The normalized spacial score (nSPS) is 11.5. The van der Waals surface area contributed by atoms with Gasteiger partial charge < -0.3 is 4.57 Å². The number of hydrogen-bond acceptors (Lipinski definition) is 2. The molecule has 0 N–H and O–H groups in total. The van der Waals surface area contributed by atoms with Gasteiger partial charge in [0, 0.05) is 23.2 Å². The SMILES string of the molecule is CS(=O)(=O)c1ccc(-n2cccc2-c2ccc(Cl)cc2)cc1. The summed E-state index contributed by atoms with van der Waals surface area (Å²) in [6.45, 7) is 0. The summed E-state index contributed by atoms with van der Waals surface area (Å²) in [5, 5.41) is 0.694.